The van der Waals surface area contributed by atoms with Gasteiger partial charge in [0.15, 0.2) is 5.60 Å². The van der Waals surface area contributed by atoms with Gasteiger partial charge in [-0.25, -0.2) is 4.39 Å². The first-order valence-electron chi connectivity index (χ1n) is 10.4. The average molecular weight is 410 g/mol. The summed E-state index contributed by atoms with van der Waals surface area (Å²) in [6.45, 7) is 3.00. The van der Waals surface area contributed by atoms with Gasteiger partial charge in [-0.3, -0.25) is 9.59 Å². The Kier molecular flexibility index (Phi) is 5.36. The minimum absolute atomic E-state index is 0.0180. The van der Waals surface area contributed by atoms with Crippen molar-refractivity contribution in [3.05, 3.63) is 71.5 Å². The molecule has 30 heavy (non-hydrogen) atoms. The molecular formula is C24H27FN2O3. The summed E-state index contributed by atoms with van der Waals surface area (Å²) in [5, 5.41) is 13.9. The molecule has 2 fully saturated rings. The van der Waals surface area contributed by atoms with E-state index < -0.39 is 5.60 Å². The molecule has 0 saturated carbocycles. The van der Waals surface area contributed by atoms with E-state index in [0.29, 0.717) is 44.5 Å². The maximum Gasteiger partial charge on any atom is 0.258 e. The second-order valence-corrected chi connectivity index (χ2v) is 8.68. The lowest BCUT2D eigenvalue weighted by Crippen LogP contribution is -2.55. The Labute approximate surface area is 175 Å². The molecular weight excluding hydrogens is 383 g/mol. The highest BCUT2D eigenvalue weighted by molar-refractivity contribution is 5.86. The normalized spacial score (nSPS) is 23.0. The number of halogens is 1. The molecule has 158 valence electrons. The summed E-state index contributed by atoms with van der Waals surface area (Å²) in [7, 11) is 0. The van der Waals surface area contributed by atoms with Crippen molar-refractivity contribution in [3.63, 3.8) is 0 Å². The summed E-state index contributed by atoms with van der Waals surface area (Å²) in [5.74, 6) is -0.509. The highest BCUT2D eigenvalue weighted by atomic mass is 19.1. The van der Waals surface area contributed by atoms with Crippen molar-refractivity contribution >= 4 is 11.8 Å². The standard InChI is InChI=1S/C24H27FN2O3/c1-23(30,18-5-3-2-4-6-18)22(29)27-13-11-24(12-14-27)15-21(28)26-16-20(24)17-7-9-19(25)10-8-17/h2-10,20,30H,11-16H2,1H3,(H,26,28)/t20-,23-/m0/s1. The summed E-state index contributed by atoms with van der Waals surface area (Å²) in [6.07, 6.45) is 1.73. The van der Waals surface area contributed by atoms with Crippen molar-refractivity contribution in [1.82, 2.24) is 10.2 Å². The van der Waals surface area contributed by atoms with Crippen LogP contribution in [0, 0.1) is 11.2 Å². The van der Waals surface area contributed by atoms with Gasteiger partial charge in [0, 0.05) is 32.0 Å². The third-order valence-electron chi connectivity index (χ3n) is 6.83. The molecule has 0 bridgehead atoms. The van der Waals surface area contributed by atoms with Gasteiger partial charge in [-0.2, -0.15) is 0 Å². The number of nitrogens with zero attached hydrogens (tertiary/aromatic N) is 1. The number of hydrogen-bond acceptors (Lipinski definition) is 3. The van der Waals surface area contributed by atoms with Gasteiger partial charge in [0.05, 0.1) is 0 Å². The highest BCUT2D eigenvalue weighted by Crippen LogP contribution is 2.49. The van der Waals surface area contributed by atoms with Crippen molar-refractivity contribution in [1.29, 1.82) is 0 Å². The summed E-state index contributed by atoms with van der Waals surface area (Å²) in [5.41, 5.74) is -0.286. The van der Waals surface area contributed by atoms with E-state index in [1.54, 1.807) is 41.3 Å². The molecule has 0 radical (unpaired) electrons. The van der Waals surface area contributed by atoms with E-state index >= 15 is 0 Å². The van der Waals surface area contributed by atoms with Gasteiger partial charge in [-0.1, -0.05) is 42.5 Å². The van der Waals surface area contributed by atoms with Crippen molar-refractivity contribution in [2.24, 2.45) is 5.41 Å². The van der Waals surface area contributed by atoms with Crippen LogP contribution in [0.2, 0.25) is 0 Å². The lowest BCUT2D eigenvalue weighted by molar-refractivity contribution is -0.154. The summed E-state index contributed by atoms with van der Waals surface area (Å²) < 4.78 is 13.4. The molecule has 2 aliphatic rings. The van der Waals surface area contributed by atoms with Crippen molar-refractivity contribution in [2.75, 3.05) is 19.6 Å². The Morgan fingerprint density at radius 3 is 2.40 bits per heavy atom. The average Bonchev–Trinajstić information content (AvgIpc) is 2.75. The second kappa shape index (κ2) is 7.84. The minimum Gasteiger partial charge on any atom is -0.376 e. The molecule has 2 amide bonds. The van der Waals surface area contributed by atoms with Crippen LogP contribution >= 0.6 is 0 Å². The molecule has 5 nitrogen and oxygen atoms in total. The van der Waals surface area contributed by atoms with Crippen LogP contribution in [0.4, 0.5) is 4.39 Å². The van der Waals surface area contributed by atoms with E-state index in [4.69, 9.17) is 0 Å². The first-order valence-corrected chi connectivity index (χ1v) is 10.4. The third-order valence-corrected chi connectivity index (χ3v) is 6.83. The van der Waals surface area contributed by atoms with Gasteiger partial charge < -0.3 is 15.3 Å². The van der Waals surface area contributed by atoms with E-state index in [-0.39, 0.29) is 29.0 Å². The predicted molar refractivity (Wildman–Crippen MR) is 111 cm³/mol. The summed E-state index contributed by atoms with van der Waals surface area (Å²) >= 11 is 0. The lowest BCUT2D eigenvalue weighted by Gasteiger charge is -2.49. The van der Waals surface area contributed by atoms with Crippen LogP contribution in [0.1, 0.15) is 43.2 Å². The number of hydrogen-bond donors (Lipinski definition) is 2. The van der Waals surface area contributed by atoms with Crippen LogP contribution in [-0.4, -0.2) is 41.5 Å². The fraction of sp³-hybridized carbons (Fsp3) is 0.417. The maximum atomic E-state index is 13.4. The first-order chi connectivity index (χ1) is 14.3. The van der Waals surface area contributed by atoms with Gasteiger partial charge in [0.2, 0.25) is 5.91 Å². The van der Waals surface area contributed by atoms with E-state index in [1.165, 1.54) is 19.1 Å². The largest absolute Gasteiger partial charge is 0.376 e. The highest BCUT2D eigenvalue weighted by Gasteiger charge is 2.48. The Balaban J connectivity index is 1.53. The molecule has 2 heterocycles. The number of piperidine rings is 2. The van der Waals surface area contributed by atoms with E-state index in [1.807, 2.05) is 6.07 Å². The molecule has 2 N–H and O–H groups in total. The molecule has 2 atom stereocenters. The van der Waals surface area contributed by atoms with Gasteiger partial charge in [0.25, 0.3) is 5.91 Å². The van der Waals surface area contributed by atoms with Gasteiger partial charge in [-0.15, -0.1) is 0 Å². The molecule has 2 aromatic carbocycles. The number of benzene rings is 2. The van der Waals surface area contributed by atoms with Gasteiger partial charge >= 0.3 is 0 Å². The molecule has 0 aliphatic carbocycles. The minimum atomic E-state index is -1.59. The molecule has 2 saturated heterocycles. The third kappa shape index (κ3) is 3.72. The zero-order valence-corrected chi connectivity index (χ0v) is 17.1. The molecule has 2 aromatic rings. The number of carbonyl (C=O) groups excluding carboxylic acids is 2. The maximum absolute atomic E-state index is 13.4. The smallest absolute Gasteiger partial charge is 0.258 e. The monoisotopic (exact) mass is 410 g/mol. The number of carbonyl (C=O) groups is 2. The van der Waals surface area contributed by atoms with Crippen LogP contribution in [0.5, 0.6) is 0 Å². The lowest BCUT2D eigenvalue weighted by atomic mass is 9.62. The number of likely N-dealkylation sites (tertiary alicyclic amines) is 1. The number of nitrogens with one attached hydrogen (secondary N) is 1. The molecule has 0 aromatic heterocycles. The van der Waals surface area contributed by atoms with Crippen LogP contribution in [-0.2, 0) is 15.2 Å². The van der Waals surface area contributed by atoms with Crippen LogP contribution in [0.25, 0.3) is 0 Å². The number of amides is 2. The Bertz CT molecular complexity index is 919. The predicted octanol–water partition coefficient (Wildman–Crippen LogP) is 2.95. The van der Waals surface area contributed by atoms with Crippen molar-refractivity contribution in [2.45, 2.75) is 37.7 Å². The molecule has 6 heteroatoms. The Hall–Kier alpha value is -2.73. The number of aliphatic hydroxyl groups is 1. The fourth-order valence-electron chi connectivity index (χ4n) is 4.98. The van der Waals surface area contributed by atoms with Crippen LogP contribution in [0.15, 0.2) is 54.6 Å². The zero-order valence-electron chi connectivity index (χ0n) is 17.1. The topological polar surface area (TPSA) is 69.6 Å². The SMILES string of the molecule is C[C@@](O)(C(=O)N1CCC2(CC1)CC(=O)NC[C@H]2c1ccc(F)cc1)c1ccccc1. The van der Waals surface area contributed by atoms with E-state index in [9.17, 15) is 19.1 Å². The summed E-state index contributed by atoms with van der Waals surface area (Å²) in [4.78, 5) is 27.0. The van der Waals surface area contributed by atoms with Gasteiger partial charge in [0.1, 0.15) is 5.82 Å². The van der Waals surface area contributed by atoms with E-state index in [0.717, 1.165) is 5.56 Å². The molecule has 1 spiro atoms. The Morgan fingerprint density at radius 1 is 1.13 bits per heavy atom. The molecule has 0 unspecified atom stereocenters. The van der Waals surface area contributed by atoms with Crippen molar-refractivity contribution < 1.29 is 19.1 Å². The number of rotatable bonds is 3. The second-order valence-electron chi connectivity index (χ2n) is 8.68. The quantitative estimate of drug-likeness (QED) is 0.818. The van der Waals surface area contributed by atoms with Crippen molar-refractivity contribution in [3.8, 4) is 0 Å². The van der Waals surface area contributed by atoms with Gasteiger partial charge in [-0.05, 0) is 48.4 Å². The molecule has 2 aliphatic heterocycles. The fourth-order valence-corrected chi connectivity index (χ4v) is 4.98. The first kappa shape index (κ1) is 20.5. The summed E-state index contributed by atoms with van der Waals surface area (Å²) in [6, 6.07) is 15.4. The van der Waals surface area contributed by atoms with E-state index in [2.05, 4.69) is 5.32 Å². The van der Waals surface area contributed by atoms with Crippen LogP contribution in [0.3, 0.4) is 0 Å². The Morgan fingerprint density at radius 2 is 1.77 bits per heavy atom. The van der Waals surface area contributed by atoms with Crippen LogP contribution < -0.4 is 5.32 Å². The molecule has 4 rings (SSSR count). The zero-order chi connectivity index (χ0) is 21.4.